The summed E-state index contributed by atoms with van der Waals surface area (Å²) in [4.78, 5) is 17.0. The number of hydrogen-bond donors (Lipinski definition) is 5. The van der Waals surface area contributed by atoms with Gasteiger partial charge in [0.25, 0.3) is 0 Å². The van der Waals surface area contributed by atoms with Gasteiger partial charge in [-0.1, -0.05) is 0 Å². The molecule has 3 saturated heterocycles. The zero-order chi connectivity index (χ0) is 23.4. The molecule has 5 N–H and O–H groups in total. The molecule has 0 aromatic heterocycles. The van der Waals surface area contributed by atoms with Gasteiger partial charge in [-0.2, -0.15) is 0 Å². The molecule has 0 spiro atoms. The molecule has 190 valence electrons. The molecule has 3 aliphatic heterocycles. The Morgan fingerprint density at radius 2 is 1.82 bits per heavy atom. The summed E-state index contributed by atoms with van der Waals surface area (Å²) in [5.41, 5.74) is 0. The van der Waals surface area contributed by atoms with Gasteiger partial charge in [0.05, 0.1) is 31.0 Å². The van der Waals surface area contributed by atoms with Crippen molar-refractivity contribution >= 4 is 6.03 Å². The molecular weight excluding hydrogens is 436 g/mol. The van der Waals surface area contributed by atoms with Crippen LogP contribution in [0.1, 0.15) is 38.5 Å². The van der Waals surface area contributed by atoms with E-state index in [4.69, 9.17) is 4.74 Å². The van der Waals surface area contributed by atoms with Crippen LogP contribution in [0.3, 0.4) is 0 Å². The fourth-order valence-electron chi connectivity index (χ4n) is 5.73. The molecule has 3 heterocycles. The predicted octanol–water partition coefficient (Wildman–Crippen LogP) is -0.279. The van der Waals surface area contributed by atoms with Crippen molar-refractivity contribution in [2.45, 2.75) is 87.4 Å². The Morgan fingerprint density at radius 1 is 1.06 bits per heavy atom. The molecule has 1 saturated carbocycles. The summed E-state index contributed by atoms with van der Waals surface area (Å²) < 4.78 is 33.2. The number of ether oxygens (including phenoxy) is 1. The zero-order valence-electron chi connectivity index (χ0n) is 19.2. The van der Waals surface area contributed by atoms with E-state index < -0.39 is 42.7 Å². The lowest BCUT2D eigenvalue weighted by Gasteiger charge is -2.44. The van der Waals surface area contributed by atoms with E-state index in [2.05, 4.69) is 25.8 Å². The molecule has 0 bridgehead atoms. The van der Waals surface area contributed by atoms with Crippen LogP contribution < -0.4 is 16.0 Å². The minimum atomic E-state index is -1.40. The maximum absolute atomic E-state index is 14.0. The minimum Gasteiger partial charge on any atom is -0.394 e. The fourth-order valence-corrected chi connectivity index (χ4v) is 5.73. The van der Waals surface area contributed by atoms with Crippen LogP contribution in [-0.4, -0.2) is 121 Å². The number of carbonyl (C=O) groups is 1. The van der Waals surface area contributed by atoms with Crippen molar-refractivity contribution in [3.8, 4) is 0 Å². The normalized spacial score (nSPS) is 41.1. The van der Waals surface area contributed by atoms with Crippen LogP contribution >= 0.6 is 0 Å². The standard InChI is InChI=1S/C22H39F2N5O4/c23-14-4-5-16(15(24)11-14)27-22(32)26-12-17-20(21(31)18(13-30)33-17)29-9-7-28(8-10-29)19-3-1-2-6-25-19/h14-21,25,30-31H,1-13H2,(H2,26,27,32). The first kappa shape index (κ1) is 25.0. The van der Waals surface area contributed by atoms with Crippen molar-refractivity contribution in [3.05, 3.63) is 0 Å². The largest absolute Gasteiger partial charge is 0.394 e. The Morgan fingerprint density at radius 3 is 2.48 bits per heavy atom. The number of aliphatic hydroxyl groups excluding tert-OH is 2. The zero-order valence-corrected chi connectivity index (χ0v) is 19.2. The number of hydrogen-bond acceptors (Lipinski definition) is 7. The maximum atomic E-state index is 14.0. The van der Waals surface area contributed by atoms with Crippen molar-refractivity contribution in [2.75, 3.05) is 45.9 Å². The summed E-state index contributed by atoms with van der Waals surface area (Å²) in [6, 6.07) is -1.58. The first-order valence-corrected chi connectivity index (χ1v) is 12.4. The van der Waals surface area contributed by atoms with E-state index >= 15 is 0 Å². The Balaban J connectivity index is 1.28. The van der Waals surface area contributed by atoms with Crippen molar-refractivity contribution in [3.63, 3.8) is 0 Å². The van der Waals surface area contributed by atoms with Gasteiger partial charge in [-0.3, -0.25) is 9.80 Å². The molecule has 4 fully saturated rings. The molecule has 1 aliphatic carbocycles. The van der Waals surface area contributed by atoms with Crippen molar-refractivity contribution in [1.29, 1.82) is 0 Å². The van der Waals surface area contributed by atoms with Crippen LogP contribution in [0, 0.1) is 0 Å². The Hall–Kier alpha value is -1.11. The second-order valence-electron chi connectivity index (χ2n) is 9.80. The number of nitrogens with zero attached hydrogens (tertiary/aromatic N) is 2. The average Bonchev–Trinajstić information content (AvgIpc) is 3.15. The highest BCUT2D eigenvalue weighted by molar-refractivity contribution is 5.74. The highest BCUT2D eigenvalue weighted by Gasteiger charge is 2.47. The molecular formula is C22H39F2N5O4. The SMILES string of the molecule is O=C(NCC1OC(CO)C(O)C1N1CCN(C2CCCCN2)CC1)NC1CCC(F)CC1F. The molecule has 0 aromatic carbocycles. The number of carbonyl (C=O) groups excluding carboxylic acids is 1. The molecule has 33 heavy (non-hydrogen) atoms. The third-order valence-electron chi connectivity index (χ3n) is 7.63. The van der Waals surface area contributed by atoms with Gasteiger partial charge in [0, 0.05) is 39.1 Å². The van der Waals surface area contributed by atoms with Gasteiger partial charge in [-0.15, -0.1) is 0 Å². The van der Waals surface area contributed by atoms with Crippen LogP contribution in [-0.2, 0) is 4.74 Å². The molecule has 4 rings (SSSR count). The molecule has 2 amide bonds. The lowest BCUT2D eigenvalue weighted by Crippen LogP contribution is -2.61. The van der Waals surface area contributed by atoms with E-state index in [1.807, 2.05) is 0 Å². The number of urea groups is 1. The number of piperazine rings is 1. The topological polar surface area (TPSA) is 109 Å². The van der Waals surface area contributed by atoms with E-state index in [1.165, 1.54) is 12.8 Å². The van der Waals surface area contributed by atoms with Gasteiger partial charge in [0.2, 0.25) is 0 Å². The van der Waals surface area contributed by atoms with Crippen LogP contribution in [0.4, 0.5) is 13.6 Å². The highest BCUT2D eigenvalue weighted by atomic mass is 19.1. The van der Waals surface area contributed by atoms with Gasteiger partial charge in [-0.05, 0) is 38.6 Å². The van der Waals surface area contributed by atoms with Gasteiger partial charge in [-0.25, -0.2) is 13.6 Å². The molecule has 8 atom stereocenters. The van der Waals surface area contributed by atoms with Crippen molar-refractivity contribution < 1.29 is 28.5 Å². The molecule has 9 nitrogen and oxygen atoms in total. The number of aliphatic hydroxyl groups is 2. The lowest BCUT2D eigenvalue weighted by molar-refractivity contribution is -0.0206. The molecule has 11 heteroatoms. The van der Waals surface area contributed by atoms with E-state index in [0.717, 1.165) is 39.1 Å². The number of rotatable bonds is 6. The van der Waals surface area contributed by atoms with Crippen LogP contribution in [0.5, 0.6) is 0 Å². The second kappa shape index (κ2) is 11.5. The molecule has 0 aromatic rings. The van der Waals surface area contributed by atoms with E-state index in [1.54, 1.807) is 0 Å². The van der Waals surface area contributed by atoms with Gasteiger partial charge in [0.1, 0.15) is 24.6 Å². The number of amides is 2. The smallest absolute Gasteiger partial charge is 0.315 e. The predicted molar refractivity (Wildman–Crippen MR) is 118 cm³/mol. The first-order valence-electron chi connectivity index (χ1n) is 12.4. The summed E-state index contributed by atoms with van der Waals surface area (Å²) in [5.74, 6) is 0. The van der Waals surface area contributed by atoms with Gasteiger partial charge < -0.3 is 30.9 Å². The lowest BCUT2D eigenvalue weighted by atomic mass is 9.92. The maximum Gasteiger partial charge on any atom is 0.315 e. The number of piperidine rings is 1. The Bertz CT molecular complexity index is 636. The Kier molecular flexibility index (Phi) is 8.75. The van der Waals surface area contributed by atoms with Crippen LogP contribution in [0.15, 0.2) is 0 Å². The van der Waals surface area contributed by atoms with E-state index in [0.29, 0.717) is 6.17 Å². The quantitative estimate of drug-likeness (QED) is 0.360. The van der Waals surface area contributed by atoms with Crippen molar-refractivity contribution in [2.24, 2.45) is 0 Å². The summed E-state index contributed by atoms with van der Waals surface area (Å²) >= 11 is 0. The summed E-state index contributed by atoms with van der Waals surface area (Å²) in [7, 11) is 0. The first-order chi connectivity index (χ1) is 16.0. The molecule has 4 aliphatic rings. The van der Waals surface area contributed by atoms with Gasteiger partial charge >= 0.3 is 6.03 Å². The summed E-state index contributed by atoms with van der Waals surface area (Å²) in [6.07, 6.45) is -0.288. The van der Waals surface area contributed by atoms with Gasteiger partial charge in [0.15, 0.2) is 0 Å². The van der Waals surface area contributed by atoms with Crippen LogP contribution in [0.2, 0.25) is 0 Å². The number of nitrogens with one attached hydrogen (secondary N) is 3. The average molecular weight is 476 g/mol. The minimum absolute atomic E-state index is 0.129. The molecule has 0 radical (unpaired) electrons. The molecule has 8 unspecified atom stereocenters. The van der Waals surface area contributed by atoms with Crippen molar-refractivity contribution in [1.82, 2.24) is 25.8 Å². The van der Waals surface area contributed by atoms with Crippen LogP contribution in [0.25, 0.3) is 0 Å². The monoisotopic (exact) mass is 475 g/mol. The fraction of sp³-hybridized carbons (Fsp3) is 0.955. The number of alkyl halides is 2. The van der Waals surface area contributed by atoms with E-state index in [-0.39, 0.29) is 38.5 Å². The second-order valence-corrected chi connectivity index (χ2v) is 9.80. The third-order valence-corrected chi connectivity index (χ3v) is 7.63. The number of halogens is 2. The summed E-state index contributed by atoms with van der Waals surface area (Å²) in [5, 5.41) is 29.3. The summed E-state index contributed by atoms with van der Waals surface area (Å²) in [6.45, 7) is 4.15. The Labute approximate surface area is 194 Å². The highest BCUT2D eigenvalue weighted by Crippen LogP contribution is 2.28. The van der Waals surface area contributed by atoms with E-state index in [9.17, 15) is 23.8 Å². The third kappa shape index (κ3) is 6.12.